The van der Waals surface area contributed by atoms with Crippen molar-refractivity contribution in [1.82, 2.24) is 20.4 Å². The molecule has 1 unspecified atom stereocenters. The Balaban J connectivity index is 1.52. The minimum Gasteiger partial charge on any atom is -0.342 e. The van der Waals surface area contributed by atoms with Crippen molar-refractivity contribution in [3.8, 4) is 0 Å². The Morgan fingerprint density at radius 1 is 1.04 bits per heavy atom. The summed E-state index contributed by atoms with van der Waals surface area (Å²) in [5.74, 6) is 0.188. The van der Waals surface area contributed by atoms with Crippen LogP contribution < -0.4 is 10.6 Å². The van der Waals surface area contributed by atoms with Crippen LogP contribution in [0.1, 0.15) is 51.4 Å². The molecule has 24 heavy (non-hydrogen) atoms. The first-order valence-electron chi connectivity index (χ1n) is 9.68. The summed E-state index contributed by atoms with van der Waals surface area (Å²) in [6, 6.07) is 0.719. The SMILES string of the molecule is CN(C(=O)C1CCCN(C(=O)NC2CCCC2)C1)C1CCNCC1. The number of urea groups is 1. The van der Waals surface area contributed by atoms with Crippen LogP contribution in [-0.2, 0) is 4.79 Å². The average Bonchev–Trinajstić information content (AvgIpc) is 3.14. The minimum atomic E-state index is -0.0343. The van der Waals surface area contributed by atoms with E-state index in [0.717, 1.165) is 58.2 Å². The third-order valence-electron chi connectivity index (χ3n) is 5.94. The fourth-order valence-electron chi connectivity index (χ4n) is 4.36. The molecule has 3 aliphatic rings. The molecule has 1 saturated carbocycles. The summed E-state index contributed by atoms with van der Waals surface area (Å²) in [7, 11) is 1.94. The van der Waals surface area contributed by atoms with Crippen molar-refractivity contribution in [2.75, 3.05) is 33.2 Å². The molecule has 0 aromatic carbocycles. The van der Waals surface area contributed by atoms with Gasteiger partial charge in [0.2, 0.25) is 5.91 Å². The van der Waals surface area contributed by atoms with Crippen LogP contribution in [0.2, 0.25) is 0 Å². The molecule has 6 heteroatoms. The summed E-state index contributed by atoms with van der Waals surface area (Å²) >= 11 is 0. The number of carbonyl (C=O) groups excluding carboxylic acids is 2. The van der Waals surface area contributed by atoms with Gasteiger partial charge in [-0.1, -0.05) is 12.8 Å². The lowest BCUT2D eigenvalue weighted by atomic mass is 9.95. The van der Waals surface area contributed by atoms with Gasteiger partial charge in [-0.15, -0.1) is 0 Å². The number of hydrogen-bond acceptors (Lipinski definition) is 3. The largest absolute Gasteiger partial charge is 0.342 e. The zero-order chi connectivity index (χ0) is 16.9. The first-order valence-corrected chi connectivity index (χ1v) is 9.68. The standard InChI is InChI=1S/C18H32N4O2/c1-21(16-8-10-19-11-9-16)17(23)14-5-4-12-22(13-14)18(24)20-15-6-2-3-7-15/h14-16,19H,2-13H2,1H3,(H,20,24). The Kier molecular flexibility index (Phi) is 5.98. The van der Waals surface area contributed by atoms with Crippen LogP contribution >= 0.6 is 0 Å². The molecule has 2 saturated heterocycles. The van der Waals surface area contributed by atoms with Crippen LogP contribution in [0.15, 0.2) is 0 Å². The number of rotatable bonds is 3. The highest BCUT2D eigenvalue weighted by Gasteiger charge is 2.33. The second-order valence-corrected chi connectivity index (χ2v) is 7.65. The Labute approximate surface area is 145 Å². The van der Waals surface area contributed by atoms with Gasteiger partial charge in [-0.3, -0.25) is 4.79 Å². The molecule has 6 nitrogen and oxygen atoms in total. The number of nitrogens with one attached hydrogen (secondary N) is 2. The predicted molar refractivity (Wildman–Crippen MR) is 93.7 cm³/mol. The third kappa shape index (κ3) is 4.21. The van der Waals surface area contributed by atoms with E-state index in [4.69, 9.17) is 0 Å². The molecule has 3 fully saturated rings. The van der Waals surface area contributed by atoms with Crippen LogP contribution in [0.5, 0.6) is 0 Å². The lowest BCUT2D eigenvalue weighted by molar-refractivity contribution is -0.138. The Bertz CT molecular complexity index is 444. The molecule has 0 bridgehead atoms. The molecule has 0 aromatic rings. The van der Waals surface area contributed by atoms with E-state index in [9.17, 15) is 9.59 Å². The Morgan fingerprint density at radius 2 is 1.75 bits per heavy atom. The number of likely N-dealkylation sites (tertiary alicyclic amines) is 1. The fourth-order valence-corrected chi connectivity index (χ4v) is 4.36. The van der Waals surface area contributed by atoms with Gasteiger partial charge in [0, 0.05) is 32.2 Å². The lowest BCUT2D eigenvalue weighted by Gasteiger charge is -2.38. The van der Waals surface area contributed by atoms with Gasteiger partial charge in [0.25, 0.3) is 0 Å². The molecule has 0 aromatic heterocycles. The Morgan fingerprint density at radius 3 is 2.46 bits per heavy atom. The van der Waals surface area contributed by atoms with Crippen LogP contribution in [-0.4, -0.2) is 67.0 Å². The summed E-state index contributed by atoms with van der Waals surface area (Å²) in [6.07, 6.45) is 8.51. The number of carbonyl (C=O) groups is 2. The maximum Gasteiger partial charge on any atom is 0.317 e. The van der Waals surface area contributed by atoms with Crippen LogP contribution in [0.25, 0.3) is 0 Å². The van der Waals surface area contributed by atoms with Crippen molar-refractivity contribution < 1.29 is 9.59 Å². The van der Waals surface area contributed by atoms with Gasteiger partial charge in [0.15, 0.2) is 0 Å². The molecule has 1 aliphatic carbocycles. The summed E-state index contributed by atoms with van der Waals surface area (Å²) in [5.41, 5.74) is 0. The minimum absolute atomic E-state index is 0.0314. The van der Waals surface area contributed by atoms with Crippen molar-refractivity contribution in [2.45, 2.75) is 63.5 Å². The molecule has 1 atom stereocenters. The molecule has 3 rings (SSSR count). The first-order chi connectivity index (χ1) is 11.6. The van der Waals surface area contributed by atoms with Crippen LogP contribution in [0, 0.1) is 5.92 Å². The van der Waals surface area contributed by atoms with Crippen molar-refractivity contribution in [3.05, 3.63) is 0 Å². The molecule has 2 N–H and O–H groups in total. The fraction of sp³-hybridized carbons (Fsp3) is 0.889. The van der Waals surface area contributed by atoms with E-state index in [1.165, 1.54) is 12.8 Å². The summed E-state index contributed by atoms with van der Waals surface area (Å²) < 4.78 is 0. The van der Waals surface area contributed by atoms with E-state index in [-0.39, 0.29) is 17.9 Å². The lowest BCUT2D eigenvalue weighted by Crippen LogP contribution is -2.52. The van der Waals surface area contributed by atoms with E-state index in [0.29, 0.717) is 18.6 Å². The molecule has 0 radical (unpaired) electrons. The molecule has 2 aliphatic heterocycles. The number of nitrogens with zero attached hydrogens (tertiary/aromatic N) is 2. The van der Waals surface area contributed by atoms with E-state index >= 15 is 0 Å². The van der Waals surface area contributed by atoms with E-state index in [1.807, 2.05) is 16.8 Å². The molecule has 3 amide bonds. The predicted octanol–water partition coefficient (Wildman–Crippen LogP) is 1.56. The second kappa shape index (κ2) is 8.19. The maximum absolute atomic E-state index is 12.9. The van der Waals surface area contributed by atoms with Crippen LogP contribution in [0.3, 0.4) is 0 Å². The summed E-state index contributed by atoms with van der Waals surface area (Å²) in [4.78, 5) is 29.1. The van der Waals surface area contributed by atoms with Gasteiger partial charge >= 0.3 is 6.03 Å². The zero-order valence-corrected chi connectivity index (χ0v) is 14.9. The highest BCUT2D eigenvalue weighted by atomic mass is 16.2. The van der Waals surface area contributed by atoms with Gasteiger partial charge in [-0.2, -0.15) is 0 Å². The van der Waals surface area contributed by atoms with E-state index in [1.54, 1.807) is 0 Å². The first kappa shape index (κ1) is 17.5. The second-order valence-electron chi connectivity index (χ2n) is 7.65. The van der Waals surface area contributed by atoms with E-state index in [2.05, 4.69) is 10.6 Å². The number of piperidine rings is 2. The monoisotopic (exact) mass is 336 g/mol. The highest BCUT2D eigenvalue weighted by molar-refractivity contribution is 5.81. The van der Waals surface area contributed by atoms with Crippen molar-refractivity contribution in [3.63, 3.8) is 0 Å². The average molecular weight is 336 g/mol. The quantitative estimate of drug-likeness (QED) is 0.822. The van der Waals surface area contributed by atoms with Crippen molar-refractivity contribution >= 4 is 11.9 Å². The smallest absolute Gasteiger partial charge is 0.317 e. The zero-order valence-electron chi connectivity index (χ0n) is 14.9. The summed E-state index contributed by atoms with van der Waals surface area (Å²) in [6.45, 7) is 3.33. The molecule has 2 heterocycles. The normalized spacial score (nSPS) is 26.4. The number of hydrogen-bond donors (Lipinski definition) is 2. The van der Waals surface area contributed by atoms with Gasteiger partial charge in [-0.05, 0) is 51.6 Å². The third-order valence-corrected chi connectivity index (χ3v) is 5.94. The maximum atomic E-state index is 12.9. The molecular weight excluding hydrogens is 304 g/mol. The van der Waals surface area contributed by atoms with Gasteiger partial charge in [0.1, 0.15) is 0 Å². The molecule has 0 spiro atoms. The highest BCUT2D eigenvalue weighted by Crippen LogP contribution is 2.22. The van der Waals surface area contributed by atoms with Gasteiger partial charge in [-0.25, -0.2) is 4.79 Å². The molecular formula is C18H32N4O2. The van der Waals surface area contributed by atoms with Gasteiger partial charge in [0.05, 0.1) is 5.92 Å². The Hall–Kier alpha value is -1.30. The van der Waals surface area contributed by atoms with Crippen LogP contribution in [0.4, 0.5) is 4.79 Å². The topological polar surface area (TPSA) is 64.7 Å². The van der Waals surface area contributed by atoms with Gasteiger partial charge < -0.3 is 20.4 Å². The number of amides is 3. The summed E-state index contributed by atoms with van der Waals surface area (Å²) in [5, 5.41) is 6.50. The van der Waals surface area contributed by atoms with Crippen molar-refractivity contribution in [2.24, 2.45) is 5.92 Å². The van der Waals surface area contributed by atoms with E-state index < -0.39 is 0 Å². The van der Waals surface area contributed by atoms with Crippen molar-refractivity contribution in [1.29, 1.82) is 0 Å². The molecule has 136 valence electrons.